The summed E-state index contributed by atoms with van der Waals surface area (Å²) in [7, 11) is 1.91. The first-order valence-corrected chi connectivity index (χ1v) is 6.05. The highest BCUT2D eigenvalue weighted by atomic mass is 19.1. The summed E-state index contributed by atoms with van der Waals surface area (Å²) in [4.78, 5) is 14.0. The molecule has 0 saturated carbocycles. The van der Waals surface area contributed by atoms with Crippen molar-refractivity contribution in [2.75, 3.05) is 11.9 Å². The van der Waals surface area contributed by atoms with E-state index in [0.29, 0.717) is 5.56 Å². The molecule has 2 aromatic carbocycles. The van der Waals surface area contributed by atoms with Crippen LogP contribution in [0.1, 0.15) is 22.1 Å². The molecule has 4 heteroatoms. The molecule has 0 bridgehead atoms. The van der Waals surface area contributed by atoms with Crippen LogP contribution in [0.15, 0.2) is 48.5 Å². The Morgan fingerprint density at radius 3 is 2.53 bits per heavy atom. The summed E-state index contributed by atoms with van der Waals surface area (Å²) in [5, 5.41) is 2.92. The van der Waals surface area contributed by atoms with Crippen molar-refractivity contribution in [1.29, 1.82) is 0 Å². The van der Waals surface area contributed by atoms with E-state index in [1.165, 1.54) is 12.1 Å². The van der Waals surface area contributed by atoms with Gasteiger partial charge in [0.1, 0.15) is 12.0 Å². The number of fused-ring (bicyclic) bond motifs is 1. The normalized spacial score (nSPS) is 17.9. The third-order valence-corrected chi connectivity index (χ3v) is 3.37. The van der Waals surface area contributed by atoms with Crippen molar-refractivity contribution in [2.45, 2.75) is 6.17 Å². The van der Waals surface area contributed by atoms with Crippen LogP contribution in [0.2, 0.25) is 0 Å². The Labute approximate surface area is 110 Å². The highest BCUT2D eigenvalue weighted by Gasteiger charge is 2.28. The van der Waals surface area contributed by atoms with Crippen LogP contribution in [0.4, 0.5) is 10.1 Å². The zero-order chi connectivity index (χ0) is 13.4. The number of nitrogens with one attached hydrogen (secondary N) is 1. The Bertz CT molecular complexity index is 624. The maximum atomic E-state index is 13.0. The third-order valence-electron chi connectivity index (χ3n) is 3.37. The molecule has 0 radical (unpaired) electrons. The van der Waals surface area contributed by atoms with Gasteiger partial charge >= 0.3 is 0 Å². The lowest BCUT2D eigenvalue weighted by Crippen LogP contribution is -2.44. The van der Waals surface area contributed by atoms with Crippen LogP contribution in [-0.2, 0) is 0 Å². The fraction of sp³-hybridized carbons (Fsp3) is 0.133. The van der Waals surface area contributed by atoms with Crippen molar-refractivity contribution in [2.24, 2.45) is 0 Å². The Morgan fingerprint density at radius 1 is 1.11 bits per heavy atom. The van der Waals surface area contributed by atoms with E-state index < -0.39 is 0 Å². The van der Waals surface area contributed by atoms with Gasteiger partial charge in [0.05, 0.1) is 11.3 Å². The van der Waals surface area contributed by atoms with Crippen LogP contribution >= 0.6 is 0 Å². The summed E-state index contributed by atoms with van der Waals surface area (Å²) in [6.07, 6.45) is -0.275. The summed E-state index contributed by atoms with van der Waals surface area (Å²) in [6.45, 7) is 0. The fourth-order valence-corrected chi connectivity index (χ4v) is 2.36. The van der Waals surface area contributed by atoms with Gasteiger partial charge in [-0.1, -0.05) is 24.3 Å². The number of carbonyl (C=O) groups is 1. The minimum atomic E-state index is -0.283. The number of rotatable bonds is 1. The number of anilines is 1. The van der Waals surface area contributed by atoms with E-state index in [-0.39, 0.29) is 17.9 Å². The molecule has 1 amide bonds. The van der Waals surface area contributed by atoms with Gasteiger partial charge in [-0.3, -0.25) is 4.79 Å². The van der Waals surface area contributed by atoms with E-state index >= 15 is 0 Å². The van der Waals surface area contributed by atoms with E-state index in [1.54, 1.807) is 18.2 Å². The SMILES string of the molecule is CN1c2ccccc2C(=O)N[C@@H]1c1ccc(F)cc1. The molecule has 1 atom stereocenters. The molecule has 0 unspecified atom stereocenters. The number of para-hydroxylation sites is 1. The molecule has 96 valence electrons. The Morgan fingerprint density at radius 2 is 1.79 bits per heavy atom. The zero-order valence-corrected chi connectivity index (χ0v) is 10.4. The van der Waals surface area contributed by atoms with Gasteiger partial charge in [-0.2, -0.15) is 0 Å². The molecule has 3 nitrogen and oxygen atoms in total. The summed E-state index contributed by atoms with van der Waals surface area (Å²) < 4.78 is 13.0. The number of hydrogen-bond donors (Lipinski definition) is 1. The van der Waals surface area contributed by atoms with Crippen LogP contribution in [0.5, 0.6) is 0 Å². The highest BCUT2D eigenvalue weighted by molar-refractivity contribution is 6.01. The summed E-state index contributed by atoms with van der Waals surface area (Å²) in [5.74, 6) is -0.392. The standard InChI is InChI=1S/C15H13FN2O/c1-18-13-5-3-2-4-12(13)15(19)17-14(18)10-6-8-11(16)9-7-10/h2-9,14H,1H3,(H,17,19)/t14-/m0/s1. The van der Waals surface area contributed by atoms with E-state index in [9.17, 15) is 9.18 Å². The van der Waals surface area contributed by atoms with Gasteiger partial charge in [-0.05, 0) is 29.8 Å². The molecule has 2 aromatic rings. The van der Waals surface area contributed by atoms with E-state index in [4.69, 9.17) is 0 Å². The van der Waals surface area contributed by atoms with Crippen LogP contribution in [0.3, 0.4) is 0 Å². The fourth-order valence-electron chi connectivity index (χ4n) is 2.36. The molecule has 1 N–H and O–H groups in total. The van der Waals surface area contributed by atoms with Crippen molar-refractivity contribution in [3.8, 4) is 0 Å². The van der Waals surface area contributed by atoms with Crippen molar-refractivity contribution in [3.05, 3.63) is 65.5 Å². The lowest BCUT2D eigenvalue weighted by Gasteiger charge is -2.36. The predicted octanol–water partition coefficient (Wildman–Crippen LogP) is 2.70. The van der Waals surface area contributed by atoms with Crippen LogP contribution in [-0.4, -0.2) is 13.0 Å². The largest absolute Gasteiger partial charge is 0.350 e. The monoisotopic (exact) mass is 256 g/mol. The van der Waals surface area contributed by atoms with Crippen LogP contribution in [0, 0.1) is 5.82 Å². The molecule has 1 aliphatic rings. The number of carbonyl (C=O) groups excluding carboxylic acids is 1. The minimum Gasteiger partial charge on any atom is -0.350 e. The van der Waals surface area contributed by atoms with Gasteiger partial charge in [0.2, 0.25) is 0 Å². The molecule has 0 spiro atoms. The average Bonchev–Trinajstić information content (AvgIpc) is 2.44. The maximum Gasteiger partial charge on any atom is 0.255 e. The first-order valence-electron chi connectivity index (χ1n) is 6.05. The van der Waals surface area contributed by atoms with Gasteiger partial charge in [0.15, 0.2) is 0 Å². The second kappa shape index (κ2) is 4.39. The first-order chi connectivity index (χ1) is 9.16. The first kappa shape index (κ1) is 11.7. The quantitative estimate of drug-likeness (QED) is 0.850. The van der Waals surface area contributed by atoms with E-state index in [1.807, 2.05) is 30.1 Å². The topological polar surface area (TPSA) is 32.3 Å². The van der Waals surface area contributed by atoms with Gasteiger partial charge in [0, 0.05) is 7.05 Å². The van der Waals surface area contributed by atoms with Crippen molar-refractivity contribution >= 4 is 11.6 Å². The number of halogens is 1. The predicted molar refractivity (Wildman–Crippen MR) is 71.5 cm³/mol. The lowest BCUT2D eigenvalue weighted by molar-refractivity contribution is 0.0928. The van der Waals surface area contributed by atoms with E-state index in [2.05, 4.69) is 5.32 Å². The second-order valence-corrected chi connectivity index (χ2v) is 4.56. The van der Waals surface area contributed by atoms with Gasteiger partial charge in [0.25, 0.3) is 5.91 Å². The summed E-state index contributed by atoms with van der Waals surface area (Å²) >= 11 is 0. The lowest BCUT2D eigenvalue weighted by atomic mass is 10.0. The molecule has 0 saturated heterocycles. The Balaban J connectivity index is 2.02. The van der Waals surface area contributed by atoms with Gasteiger partial charge in [-0.25, -0.2) is 4.39 Å². The van der Waals surface area contributed by atoms with E-state index in [0.717, 1.165) is 11.3 Å². The molecule has 19 heavy (non-hydrogen) atoms. The minimum absolute atomic E-state index is 0.108. The molecule has 0 aliphatic carbocycles. The molecule has 0 aromatic heterocycles. The average molecular weight is 256 g/mol. The third kappa shape index (κ3) is 1.95. The molecule has 3 rings (SSSR count). The van der Waals surface area contributed by atoms with Crippen molar-refractivity contribution in [1.82, 2.24) is 5.32 Å². The van der Waals surface area contributed by atoms with Crippen LogP contribution < -0.4 is 10.2 Å². The molecule has 1 aliphatic heterocycles. The van der Waals surface area contributed by atoms with Crippen molar-refractivity contribution in [3.63, 3.8) is 0 Å². The van der Waals surface area contributed by atoms with Crippen molar-refractivity contribution < 1.29 is 9.18 Å². The van der Waals surface area contributed by atoms with Gasteiger partial charge < -0.3 is 10.2 Å². The Hall–Kier alpha value is -2.36. The number of amides is 1. The number of hydrogen-bond acceptors (Lipinski definition) is 2. The number of benzene rings is 2. The highest BCUT2D eigenvalue weighted by Crippen LogP contribution is 2.31. The van der Waals surface area contributed by atoms with Gasteiger partial charge in [-0.15, -0.1) is 0 Å². The molecular formula is C15H13FN2O. The smallest absolute Gasteiger partial charge is 0.255 e. The summed E-state index contributed by atoms with van der Waals surface area (Å²) in [6, 6.07) is 13.6. The van der Waals surface area contributed by atoms with Crippen LogP contribution in [0.25, 0.3) is 0 Å². The molecule has 0 fully saturated rings. The molecular weight excluding hydrogens is 243 g/mol. The zero-order valence-electron chi connectivity index (χ0n) is 10.4. The maximum absolute atomic E-state index is 13.0. The second-order valence-electron chi connectivity index (χ2n) is 4.56. The number of nitrogens with zero attached hydrogens (tertiary/aromatic N) is 1. The Kier molecular flexibility index (Phi) is 2.71. The molecule has 1 heterocycles. The summed E-state index contributed by atoms with van der Waals surface area (Å²) in [5.41, 5.74) is 2.38.